The molecule has 0 amide bonds. The van der Waals surface area contributed by atoms with Crippen LogP contribution in [0.2, 0.25) is 0 Å². The molecular formula is C32H46. The van der Waals surface area contributed by atoms with Gasteiger partial charge in [0.15, 0.2) is 0 Å². The molecule has 2 aliphatic carbocycles. The average Bonchev–Trinajstić information content (AvgIpc) is 3.09. The third-order valence-electron chi connectivity index (χ3n) is 9.10. The highest BCUT2D eigenvalue weighted by atomic mass is 14.6. The molecule has 0 aromatic heterocycles. The predicted octanol–water partition coefficient (Wildman–Crippen LogP) is 9.00. The Bertz CT molecular complexity index is 812. The first-order valence-corrected chi connectivity index (χ1v) is 12.9. The van der Waals surface area contributed by atoms with Crippen molar-refractivity contribution in [2.75, 3.05) is 0 Å². The standard InChI is InChI=1S/C32H46/c1-9-12-18-28(22(4)15-10-2)29(31-30(11-3)32(31,7)8)19-23(5)24(6)27-20-25-16-13-14-17-26(25)21-27/h9-10,13-14,16-17,24,27-31H,1-2,4-5,11-12,15,18-21H2,3,6-8H3. The minimum Gasteiger partial charge on any atom is -0.103 e. The molecule has 2 aliphatic rings. The van der Waals surface area contributed by atoms with Crippen LogP contribution >= 0.6 is 0 Å². The molecule has 5 atom stereocenters. The number of hydrogen-bond acceptors (Lipinski definition) is 0. The molecule has 1 aromatic rings. The van der Waals surface area contributed by atoms with Gasteiger partial charge in [0.05, 0.1) is 0 Å². The van der Waals surface area contributed by atoms with Crippen LogP contribution in [0.15, 0.2) is 73.9 Å². The van der Waals surface area contributed by atoms with Gasteiger partial charge in [-0.2, -0.15) is 0 Å². The fraction of sp³-hybridized carbons (Fsp3) is 0.562. The normalized spacial score (nSPS) is 24.2. The van der Waals surface area contributed by atoms with Crippen LogP contribution in [-0.2, 0) is 12.8 Å². The van der Waals surface area contributed by atoms with Gasteiger partial charge in [0.1, 0.15) is 0 Å². The third kappa shape index (κ3) is 5.05. The van der Waals surface area contributed by atoms with Gasteiger partial charge in [0, 0.05) is 0 Å². The number of allylic oxidation sites excluding steroid dienone is 4. The summed E-state index contributed by atoms with van der Waals surface area (Å²) >= 11 is 0. The Hall–Kier alpha value is -1.82. The van der Waals surface area contributed by atoms with E-state index in [1.807, 2.05) is 6.08 Å². The van der Waals surface area contributed by atoms with Gasteiger partial charge in [-0.1, -0.05) is 94.8 Å². The molecule has 0 nitrogen and oxygen atoms in total. The highest BCUT2D eigenvalue weighted by Gasteiger charge is 2.60. The third-order valence-corrected chi connectivity index (χ3v) is 9.10. The molecule has 0 aliphatic heterocycles. The van der Waals surface area contributed by atoms with E-state index in [-0.39, 0.29) is 0 Å². The van der Waals surface area contributed by atoms with E-state index in [9.17, 15) is 0 Å². The van der Waals surface area contributed by atoms with Crippen LogP contribution in [0, 0.1) is 40.9 Å². The molecule has 1 aromatic carbocycles. The minimum absolute atomic E-state index is 0.424. The Balaban J connectivity index is 1.80. The van der Waals surface area contributed by atoms with Crippen LogP contribution < -0.4 is 0 Å². The minimum atomic E-state index is 0.424. The van der Waals surface area contributed by atoms with Crippen molar-refractivity contribution >= 4 is 0 Å². The van der Waals surface area contributed by atoms with Crippen molar-refractivity contribution in [1.82, 2.24) is 0 Å². The molecule has 0 saturated heterocycles. The van der Waals surface area contributed by atoms with Crippen LogP contribution in [-0.4, -0.2) is 0 Å². The Morgan fingerprint density at radius 2 is 1.69 bits per heavy atom. The fourth-order valence-electron chi connectivity index (χ4n) is 7.06. The zero-order valence-corrected chi connectivity index (χ0v) is 21.2. The molecule has 32 heavy (non-hydrogen) atoms. The largest absolute Gasteiger partial charge is 0.103 e. The van der Waals surface area contributed by atoms with Crippen molar-refractivity contribution in [3.8, 4) is 0 Å². The van der Waals surface area contributed by atoms with Gasteiger partial charge in [-0.05, 0) is 90.6 Å². The van der Waals surface area contributed by atoms with Crippen LogP contribution in [0.25, 0.3) is 0 Å². The average molecular weight is 431 g/mol. The van der Waals surface area contributed by atoms with Crippen LogP contribution in [0.4, 0.5) is 0 Å². The van der Waals surface area contributed by atoms with Crippen LogP contribution in [0.3, 0.4) is 0 Å². The monoisotopic (exact) mass is 430 g/mol. The Morgan fingerprint density at radius 3 is 2.19 bits per heavy atom. The van der Waals surface area contributed by atoms with E-state index in [1.165, 1.54) is 30.4 Å². The molecule has 1 fully saturated rings. The lowest BCUT2D eigenvalue weighted by Crippen LogP contribution is -2.24. The van der Waals surface area contributed by atoms with Gasteiger partial charge in [0.2, 0.25) is 0 Å². The topological polar surface area (TPSA) is 0 Å². The van der Waals surface area contributed by atoms with Crippen molar-refractivity contribution < 1.29 is 0 Å². The number of hydrogen-bond donors (Lipinski definition) is 0. The maximum absolute atomic E-state index is 4.71. The molecule has 5 unspecified atom stereocenters. The maximum Gasteiger partial charge on any atom is -0.0141 e. The lowest BCUT2D eigenvalue weighted by Gasteiger charge is -2.33. The molecule has 3 rings (SSSR count). The van der Waals surface area contributed by atoms with Gasteiger partial charge in [-0.3, -0.25) is 0 Å². The van der Waals surface area contributed by atoms with Crippen LogP contribution in [0.5, 0.6) is 0 Å². The molecule has 0 bridgehead atoms. The van der Waals surface area contributed by atoms with Crippen LogP contribution in [0.1, 0.15) is 70.9 Å². The SMILES string of the molecule is C=CCCC(C(=C)CC=C)C(CC(=C)C(C)C1Cc2ccccc2C1)C1C(CC)C1(C)C. The van der Waals surface area contributed by atoms with Crippen molar-refractivity contribution in [2.45, 2.75) is 72.6 Å². The number of rotatable bonds is 13. The summed E-state index contributed by atoms with van der Waals surface area (Å²) in [6.45, 7) is 27.0. The summed E-state index contributed by atoms with van der Waals surface area (Å²) in [4.78, 5) is 0. The van der Waals surface area contributed by atoms with E-state index < -0.39 is 0 Å². The van der Waals surface area contributed by atoms with E-state index in [0.717, 1.165) is 37.5 Å². The van der Waals surface area contributed by atoms with Gasteiger partial charge >= 0.3 is 0 Å². The highest BCUT2D eigenvalue weighted by molar-refractivity contribution is 5.33. The van der Waals surface area contributed by atoms with Gasteiger partial charge in [0.25, 0.3) is 0 Å². The summed E-state index contributed by atoms with van der Waals surface area (Å²) in [6, 6.07) is 9.01. The second-order valence-corrected chi connectivity index (χ2v) is 11.2. The first-order chi connectivity index (χ1) is 15.3. The van der Waals surface area contributed by atoms with E-state index >= 15 is 0 Å². The van der Waals surface area contributed by atoms with E-state index in [0.29, 0.717) is 29.1 Å². The zero-order chi connectivity index (χ0) is 23.5. The summed E-state index contributed by atoms with van der Waals surface area (Å²) in [5.74, 6) is 3.97. The predicted molar refractivity (Wildman–Crippen MR) is 142 cm³/mol. The quantitative estimate of drug-likeness (QED) is 0.274. The lowest BCUT2D eigenvalue weighted by molar-refractivity contribution is 0.265. The van der Waals surface area contributed by atoms with E-state index in [1.54, 1.807) is 11.1 Å². The molecule has 0 spiro atoms. The summed E-state index contributed by atoms with van der Waals surface area (Å²) < 4.78 is 0. The van der Waals surface area contributed by atoms with Crippen molar-refractivity contribution in [3.05, 3.63) is 85.0 Å². The Labute approximate surface area is 198 Å². The molecule has 0 heteroatoms. The fourth-order valence-corrected chi connectivity index (χ4v) is 7.06. The van der Waals surface area contributed by atoms with Gasteiger partial charge < -0.3 is 0 Å². The van der Waals surface area contributed by atoms with E-state index in [4.69, 9.17) is 6.58 Å². The van der Waals surface area contributed by atoms with E-state index in [2.05, 4.69) is 77.8 Å². The maximum atomic E-state index is 4.71. The second kappa shape index (κ2) is 10.4. The first kappa shape index (κ1) is 24.8. The van der Waals surface area contributed by atoms with Crippen molar-refractivity contribution in [3.63, 3.8) is 0 Å². The molecular weight excluding hydrogens is 384 g/mol. The molecule has 174 valence electrons. The summed E-state index contributed by atoms with van der Waals surface area (Å²) in [6.07, 6.45) is 12.1. The molecule has 0 radical (unpaired) electrons. The first-order valence-electron chi connectivity index (χ1n) is 12.9. The number of benzene rings is 1. The summed E-state index contributed by atoms with van der Waals surface area (Å²) in [5.41, 5.74) is 6.34. The smallest absolute Gasteiger partial charge is 0.0141 e. The second-order valence-electron chi connectivity index (χ2n) is 11.2. The summed E-state index contributed by atoms with van der Waals surface area (Å²) in [7, 11) is 0. The Morgan fingerprint density at radius 1 is 1.06 bits per heavy atom. The summed E-state index contributed by atoms with van der Waals surface area (Å²) in [5, 5.41) is 0. The molecule has 0 N–H and O–H groups in total. The van der Waals surface area contributed by atoms with Gasteiger partial charge in [-0.25, -0.2) is 0 Å². The number of fused-ring (bicyclic) bond motifs is 1. The zero-order valence-electron chi connectivity index (χ0n) is 21.2. The highest BCUT2D eigenvalue weighted by Crippen LogP contribution is 2.66. The van der Waals surface area contributed by atoms with Gasteiger partial charge in [-0.15, -0.1) is 13.2 Å². The molecule has 0 heterocycles. The Kier molecular flexibility index (Phi) is 8.07. The van der Waals surface area contributed by atoms with Crippen molar-refractivity contribution in [1.29, 1.82) is 0 Å². The van der Waals surface area contributed by atoms with Crippen molar-refractivity contribution in [2.24, 2.45) is 40.9 Å². The lowest BCUT2D eigenvalue weighted by atomic mass is 9.72. The molecule has 1 saturated carbocycles.